The minimum atomic E-state index is -1.46. The Kier molecular flexibility index (Phi) is 4.19. The summed E-state index contributed by atoms with van der Waals surface area (Å²) < 4.78 is 0. The van der Waals surface area contributed by atoms with Gasteiger partial charge in [-0.3, -0.25) is 9.59 Å². The van der Waals surface area contributed by atoms with Crippen LogP contribution in [-0.4, -0.2) is 39.2 Å². The number of carbonyl (C=O) groups excluding carboxylic acids is 1. The van der Waals surface area contributed by atoms with Gasteiger partial charge in [-0.2, -0.15) is 0 Å². The number of amides is 1. The number of hydrogen-bond acceptors (Lipinski definition) is 5. The summed E-state index contributed by atoms with van der Waals surface area (Å²) in [5.41, 5.74) is -1.46. The van der Waals surface area contributed by atoms with Crippen molar-refractivity contribution in [2.24, 2.45) is 0 Å². The number of aliphatic carboxylic acids is 1. The zero-order chi connectivity index (χ0) is 13.1. The van der Waals surface area contributed by atoms with Crippen LogP contribution in [0.25, 0.3) is 0 Å². The van der Waals surface area contributed by atoms with Crippen molar-refractivity contribution < 1.29 is 19.8 Å². The topological polar surface area (TPSA) is 99.5 Å². The maximum absolute atomic E-state index is 11.6. The van der Waals surface area contributed by atoms with Gasteiger partial charge in [0.2, 0.25) is 0 Å². The lowest BCUT2D eigenvalue weighted by atomic mass is 10.0. The van der Waals surface area contributed by atoms with Crippen LogP contribution in [0, 0.1) is 6.92 Å². The number of carbonyl (C=O) groups is 2. The van der Waals surface area contributed by atoms with E-state index in [1.165, 1.54) is 24.5 Å². The fourth-order valence-electron chi connectivity index (χ4n) is 1.21. The third-order valence-electron chi connectivity index (χ3n) is 2.01. The van der Waals surface area contributed by atoms with Crippen LogP contribution >= 0.6 is 11.3 Å². The Bertz CT molecular complexity index is 428. The number of carboxylic acid groups (broad SMARTS) is 1. The van der Waals surface area contributed by atoms with Crippen LogP contribution in [0.15, 0.2) is 6.20 Å². The molecule has 0 saturated heterocycles. The summed E-state index contributed by atoms with van der Waals surface area (Å²) in [7, 11) is 0. The van der Waals surface area contributed by atoms with Gasteiger partial charge < -0.3 is 15.5 Å². The molecule has 0 fully saturated rings. The second-order valence-corrected chi connectivity index (χ2v) is 5.23. The van der Waals surface area contributed by atoms with Gasteiger partial charge in [0.15, 0.2) is 0 Å². The molecule has 0 aliphatic rings. The van der Waals surface area contributed by atoms with Gasteiger partial charge >= 0.3 is 5.97 Å². The van der Waals surface area contributed by atoms with Gasteiger partial charge in [-0.15, -0.1) is 11.3 Å². The van der Waals surface area contributed by atoms with E-state index in [-0.39, 0.29) is 12.5 Å². The van der Waals surface area contributed by atoms with Crippen molar-refractivity contribution in [1.82, 2.24) is 10.3 Å². The molecule has 6 nitrogen and oxygen atoms in total. The number of thiazole rings is 1. The molecule has 0 bridgehead atoms. The molecule has 1 atom stereocenters. The molecule has 0 aliphatic carbocycles. The van der Waals surface area contributed by atoms with Gasteiger partial charge in [0.1, 0.15) is 4.88 Å². The fourth-order valence-corrected chi connectivity index (χ4v) is 1.91. The van der Waals surface area contributed by atoms with Crippen molar-refractivity contribution >= 4 is 23.2 Å². The number of aliphatic hydroxyl groups is 1. The predicted molar refractivity (Wildman–Crippen MR) is 62.1 cm³/mol. The molecule has 1 unspecified atom stereocenters. The molecule has 1 rings (SSSR count). The van der Waals surface area contributed by atoms with E-state index in [2.05, 4.69) is 10.3 Å². The quantitative estimate of drug-likeness (QED) is 0.710. The fraction of sp³-hybridized carbons (Fsp3) is 0.500. The van der Waals surface area contributed by atoms with Crippen molar-refractivity contribution in [3.8, 4) is 0 Å². The Morgan fingerprint density at radius 3 is 2.71 bits per heavy atom. The third kappa shape index (κ3) is 4.49. The van der Waals surface area contributed by atoms with Crippen LogP contribution in [0.1, 0.15) is 28.0 Å². The number of aromatic nitrogens is 1. The first-order valence-corrected chi connectivity index (χ1v) is 5.76. The second kappa shape index (κ2) is 5.24. The summed E-state index contributed by atoms with van der Waals surface area (Å²) in [5.74, 6) is -1.47. The highest BCUT2D eigenvalue weighted by molar-refractivity contribution is 7.13. The molecule has 17 heavy (non-hydrogen) atoms. The van der Waals surface area contributed by atoms with Crippen LogP contribution < -0.4 is 5.32 Å². The van der Waals surface area contributed by atoms with Crippen LogP contribution in [0.5, 0.6) is 0 Å². The van der Waals surface area contributed by atoms with Crippen molar-refractivity contribution in [2.45, 2.75) is 25.9 Å². The highest BCUT2D eigenvalue weighted by Crippen LogP contribution is 2.12. The Balaban J connectivity index is 2.51. The van der Waals surface area contributed by atoms with Crippen molar-refractivity contribution in [2.75, 3.05) is 6.54 Å². The lowest BCUT2D eigenvalue weighted by molar-refractivity contribution is -0.141. The van der Waals surface area contributed by atoms with Crippen LogP contribution in [0.4, 0.5) is 0 Å². The van der Waals surface area contributed by atoms with Gasteiger partial charge in [-0.25, -0.2) is 4.98 Å². The highest BCUT2D eigenvalue weighted by atomic mass is 32.1. The Labute approximate surface area is 102 Å². The van der Waals surface area contributed by atoms with E-state index in [1.807, 2.05) is 0 Å². The number of hydrogen-bond donors (Lipinski definition) is 3. The monoisotopic (exact) mass is 258 g/mol. The largest absolute Gasteiger partial charge is 0.481 e. The summed E-state index contributed by atoms with van der Waals surface area (Å²) in [6.07, 6.45) is 1.02. The van der Waals surface area contributed by atoms with Crippen LogP contribution in [0.3, 0.4) is 0 Å². The minimum absolute atomic E-state index is 0.116. The second-order valence-electron chi connectivity index (χ2n) is 3.99. The molecular formula is C10H14N2O4S. The molecule has 1 aromatic rings. The molecule has 94 valence electrons. The van der Waals surface area contributed by atoms with E-state index >= 15 is 0 Å². The molecule has 0 aromatic carbocycles. The van der Waals surface area contributed by atoms with E-state index in [4.69, 9.17) is 5.11 Å². The predicted octanol–water partition coefficient (Wildman–Crippen LogP) is 0.407. The summed E-state index contributed by atoms with van der Waals surface area (Å²) in [5, 5.41) is 21.5. The van der Waals surface area contributed by atoms with E-state index in [9.17, 15) is 14.7 Å². The molecule has 0 spiro atoms. The van der Waals surface area contributed by atoms with Gasteiger partial charge in [0, 0.05) is 6.54 Å². The summed E-state index contributed by atoms with van der Waals surface area (Å²) in [6.45, 7) is 3.02. The van der Waals surface area contributed by atoms with Crippen LogP contribution in [-0.2, 0) is 4.79 Å². The first-order valence-electron chi connectivity index (χ1n) is 4.95. The summed E-state index contributed by atoms with van der Waals surface area (Å²) >= 11 is 1.24. The Morgan fingerprint density at radius 2 is 2.24 bits per heavy atom. The highest BCUT2D eigenvalue weighted by Gasteiger charge is 2.25. The number of carboxylic acids is 1. The zero-order valence-electron chi connectivity index (χ0n) is 9.56. The number of rotatable bonds is 5. The Hall–Kier alpha value is -1.47. The third-order valence-corrected chi connectivity index (χ3v) is 2.92. The molecule has 0 aliphatic heterocycles. The van der Waals surface area contributed by atoms with Crippen molar-refractivity contribution in [1.29, 1.82) is 0 Å². The molecule has 1 aromatic heterocycles. The van der Waals surface area contributed by atoms with Crippen molar-refractivity contribution in [3.63, 3.8) is 0 Å². The summed E-state index contributed by atoms with van der Waals surface area (Å²) in [6, 6.07) is 0. The van der Waals surface area contributed by atoms with Crippen molar-refractivity contribution in [3.05, 3.63) is 16.1 Å². The van der Waals surface area contributed by atoms with E-state index in [1.54, 1.807) is 6.92 Å². The van der Waals surface area contributed by atoms with Gasteiger partial charge in [0.25, 0.3) is 5.91 Å². The number of nitrogens with one attached hydrogen (secondary N) is 1. The molecule has 0 radical (unpaired) electrons. The van der Waals surface area contributed by atoms with Gasteiger partial charge in [0.05, 0.1) is 23.2 Å². The van der Waals surface area contributed by atoms with E-state index < -0.39 is 18.0 Å². The van der Waals surface area contributed by atoms with E-state index in [0.717, 1.165) is 5.01 Å². The maximum Gasteiger partial charge on any atom is 0.306 e. The zero-order valence-corrected chi connectivity index (χ0v) is 10.4. The molecule has 7 heteroatoms. The lowest BCUT2D eigenvalue weighted by Gasteiger charge is -2.21. The smallest absolute Gasteiger partial charge is 0.306 e. The Morgan fingerprint density at radius 1 is 1.59 bits per heavy atom. The first-order chi connectivity index (χ1) is 7.80. The molecule has 1 heterocycles. The molecule has 1 amide bonds. The van der Waals surface area contributed by atoms with Crippen LogP contribution in [0.2, 0.25) is 0 Å². The number of nitrogens with zero attached hydrogens (tertiary/aromatic N) is 1. The van der Waals surface area contributed by atoms with Gasteiger partial charge in [-0.1, -0.05) is 0 Å². The summed E-state index contributed by atoms with van der Waals surface area (Å²) in [4.78, 5) is 26.4. The number of aryl methyl sites for hydroxylation is 1. The molecular weight excluding hydrogens is 244 g/mol. The average molecular weight is 258 g/mol. The molecule has 0 saturated carbocycles. The average Bonchev–Trinajstić information content (AvgIpc) is 2.59. The first kappa shape index (κ1) is 13.6. The standard InChI is InChI=1S/C10H14N2O4S/c1-6-11-4-7(17-6)9(15)12-5-10(2,16)3-8(13)14/h4,16H,3,5H2,1-2H3,(H,12,15)(H,13,14). The lowest BCUT2D eigenvalue weighted by Crippen LogP contribution is -2.41. The SMILES string of the molecule is Cc1ncc(C(=O)NCC(C)(O)CC(=O)O)s1. The maximum atomic E-state index is 11.6. The van der Waals surface area contributed by atoms with E-state index in [0.29, 0.717) is 4.88 Å². The minimum Gasteiger partial charge on any atom is -0.481 e. The molecule has 3 N–H and O–H groups in total. The normalized spacial score (nSPS) is 14.1. The van der Waals surface area contributed by atoms with Gasteiger partial charge in [-0.05, 0) is 13.8 Å².